The molecular formula is C17H18F2N2O3. The van der Waals surface area contributed by atoms with Gasteiger partial charge in [-0.25, -0.2) is 8.78 Å². The van der Waals surface area contributed by atoms with Crippen LogP contribution in [0.2, 0.25) is 0 Å². The zero-order chi connectivity index (χ0) is 17.9. The van der Waals surface area contributed by atoms with Crippen LogP contribution in [0.5, 0.6) is 0 Å². The predicted molar refractivity (Wildman–Crippen MR) is 84.3 cm³/mol. The van der Waals surface area contributed by atoms with Gasteiger partial charge >= 0.3 is 0 Å². The van der Waals surface area contributed by atoms with Crippen LogP contribution < -0.4 is 10.2 Å². The van der Waals surface area contributed by atoms with Gasteiger partial charge in [0.25, 0.3) is 0 Å². The van der Waals surface area contributed by atoms with E-state index in [4.69, 9.17) is 0 Å². The van der Waals surface area contributed by atoms with Crippen LogP contribution >= 0.6 is 0 Å². The summed E-state index contributed by atoms with van der Waals surface area (Å²) in [7, 11) is 0. The maximum absolute atomic E-state index is 14.3. The van der Waals surface area contributed by atoms with Gasteiger partial charge in [0.05, 0.1) is 5.92 Å². The van der Waals surface area contributed by atoms with E-state index in [1.165, 1.54) is 4.90 Å². The smallest absolute Gasteiger partial charge is 0.234 e. The molecule has 2 saturated heterocycles. The van der Waals surface area contributed by atoms with Crippen LogP contribution in [0.4, 0.5) is 14.5 Å². The number of nitrogens with zero attached hydrogens (tertiary/aromatic N) is 1. The summed E-state index contributed by atoms with van der Waals surface area (Å²) in [5, 5.41) is 2.08. The topological polar surface area (TPSA) is 66.5 Å². The van der Waals surface area contributed by atoms with Gasteiger partial charge in [0.15, 0.2) is 0 Å². The van der Waals surface area contributed by atoms with E-state index >= 15 is 0 Å². The molecule has 0 spiro atoms. The van der Waals surface area contributed by atoms with Crippen molar-refractivity contribution in [3.05, 3.63) is 42.5 Å². The lowest BCUT2D eigenvalue weighted by atomic mass is 9.89. The fourth-order valence-electron chi connectivity index (χ4n) is 2.95. The van der Waals surface area contributed by atoms with Crippen LogP contribution in [0.1, 0.15) is 37.2 Å². The van der Waals surface area contributed by atoms with E-state index in [0.717, 1.165) is 12.1 Å². The van der Waals surface area contributed by atoms with Crippen LogP contribution in [0.25, 0.3) is 0 Å². The molecule has 2 heterocycles. The Morgan fingerprint density at radius 1 is 1.08 bits per heavy atom. The van der Waals surface area contributed by atoms with Crippen LogP contribution in [0, 0.1) is 11.6 Å². The predicted octanol–water partition coefficient (Wildman–Crippen LogP) is 2.41. The number of hydrogen-bond acceptors (Lipinski definition) is 3. The SMILES string of the molecule is C=C.O=C1CCC(c2c(F)cc(N3CCCC3=O)cc2F)C(=O)N1. The molecule has 3 rings (SSSR count). The van der Waals surface area contributed by atoms with E-state index in [-0.39, 0.29) is 30.0 Å². The van der Waals surface area contributed by atoms with Crippen LogP contribution in [-0.4, -0.2) is 24.3 Å². The maximum atomic E-state index is 14.3. The first-order chi connectivity index (χ1) is 11.5. The molecular weight excluding hydrogens is 318 g/mol. The van der Waals surface area contributed by atoms with Gasteiger partial charge in [-0.05, 0) is 25.0 Å². The van der Waals surface area contributed by atoms with E-state index in [2.05, 4.69) is 18.5 Å². The summed E-state index contributed by atoms with van der Waals surface area (Å²) in [6.07, 6.45) is 1.12. The fourth-order valence-corrected chi connectivity index (χ4v) is 2.95. The summed E-state index contributed by atoms with van der Waals surface area (Å²) < 4.78 is 28.6. The number of piperidine rings is 1. The fraction of sp³-hybridized carbons (Fsp3) is 0.353. The molecule has 2 aliphatic rings. The number of benzene rings is 1. The monoisotopic (exact) mass is 336 g/mol. The molecule has 5 nitrogen and oxygen atoms in total. The van der Waals surface area contributed by atoms with Gasteiger partial charge in [0, 0.05) is 30.6 Å². The highest BCUT2D eigenvalue weighted by Gasteiger charge is 2.33. The van der Waals surface area contributed by atoms with Crippen molar-refractivity contribution in [3.8, 4) is 0 Å². The Labute approximate surface area is 138 Å². The van der Waals surface area contributed by atoms with Crippen molar-refractivity contribution in [2.24, 2.45) is 0 Å². The summed E-state index contributed by atoms with van der Waals surface area (Å²) in [5.74, 6) is -4.08. The molecule has 2 fully saturated rings. The zero-order valence-corrected chi connectivity index (χ0v) is 13.1. The number of nitrogens with one attached hydrogen (secondary N) is 1. The Balaban J connectivity index is 0.00000100. The van der Waals surface area contributed by atoms with Gasteiger partial charge < -0.3 is 4.90 Å². The van der Waals surface area contributed by atoms with Crippen molar-refractivity contribution in [1.82, 2.24) is 5.32 Å². The van der Waals surface area contributed by atoms with Crippen molar-refractivity contribution in [2.45, 2.75) is 31.6 Å². The number of anilines is 1. The maximum Gasteiger partial charge on any atom is 0.234 e. The Morgan fingerprint density at radius 2 is 1.71 bits per heavy atom. The van der Waals surface area contributed by atoms with Crippen LogP contribution in [0.15, 0.2) is 25.3 Å². The van der Waals surface area contributed by atoms with Gasteiger partial charge in [-0.1, -0.05) is 0 Å². The van der Waals surface area contributed by atoms with Gasteiger partial charge in [-0.15, -0.1) is 13.2 Å². The first-order valence-electron chi connectivity index (χ1n) is 7.60. The molecule has 0 bridgehead atoms. The molecule has 0 radical (unpaired) electrons. The standard InChI is InChI=1S/C15H14F2N2O3.C2H4/c16-10-6-8(19-5-1-2-13(19)21)7-11(17)14(10)9-3-4-12(20)18-15(9)22;1-2/h6-7,9H,1-5H2,(H,18,20,22);1-2H2. The normalized spacial score (nSPS) is 20.5. The third-order valence-electron chi connectivity index (χ3n) is 4.04. The summed E-state index contributed by atoms with van der Waals surface area (Å²) in [4.78, 5) is 35.9. The van der Waals surface area contributed by atoms with Crippen molar-refractivity contribution in [1.29, 1.82) is 0 Å². The number of hydrogen-bond donors (Lipinski definition) is 1. The van der Waals surface area contributed by atoms with Gasteiger partial charge in [0.1, 0.15) is 11.6 Å². The highest BCUT2D eigenvalue weighted by Crippen LogP contribution is 2.33. The summed E-state index contributed by atoms with van der Waals surface area (Å²) in [6, 6.07) is 2.15. The molecule has 1 atom stereocenters. The third-order valence-corrected chi connectivity index (χ3v) is 4.04. The van der Waals surface area contributed by atoms with E-state index in [1.54, 1.807) is 0 Å². The van der Waals surface area contributed by atoms with Gasteiger partial charge in [-0.2, -0.15) is 0 Å². The number of carbonyl (C=O) groups is 3. The average molecular weight is 336 g/mol. The molecule has 2 aliphatic heterocycles. The lowest BCUT2D eigenvalue weighted by Gasteiger charge is -2.23. The second-order valence-corrected chi connectivity index (χ2v) is 5.48. The van der Waals surface area contributed by atoms with Crippen molar-refractivity contribution in [3.63, 3.8) is 0 Å². The number of imide groups is 1. The molecule has 0 aromatic heterocycles. The zero-order valence-electron chi connectivity index (χ0n) is 13.1. The summed E-state index contributed by atoms with van der Waals surface area (Å²) in [5.41, 5.74) is -0.186. The van der Waals surface area contributed by atoms with Crippen LogP contribution in [-0.2, 0) is 14.4 Å². The number of carbonyl (C=O) groups excluding carboxylic acids is 3. The lowest BCUT2D eigenvalue weighted by molar-refractivity contribution is -0.134. The Morgan fingerprint density at radius 3 is 2.21 bits per heavy atom. The number of halogens is 2. The van der Waals surface area contributed by atoms with Crippen molar-refractivity contribution in [2.75, 3.05) is 11.4 Å². The average Bonchev–Trinajstić information content (AvgIpc) is 2.96. The van der Waals surface area contributed by atoms with Crippen molar-refractivity contribution >= 4 is 23.4 Å². The van der Waals surface area contributed by atoms with E-state index in [0.29, 0.717) is 19.4 Å². The number of amides is 3. The molecule has 3 amide bonds. The molecule has 1 N–H and O–H groups in total. The molecule has 7 heteroatoms. The largest absolute Gasteiger partial charge is 0.312 e. The highest BCUT2D eigenvalue weighted by atomic mass is 19.1. The third kappa shape index (κ3) is 3.34. The quantitative estimate of drug-likeness (QED) is 0.666. The Bertz CT molecular complexity index is 667. The first kappa shape index (κ1) is 17.8. The van der Waals surface area contributed by atoms with Crippen molar-refractivity contribution < 1.29 is 23.2 Å². The van der Waals surface area contributed by atoms with Gasteiger partial charge in [0.2, 0.25) is 17.7 Å². The van der Waals surface area contributed by atoms with E-state index in [1.807, 2.05) is 0 Å². The first-order valence-corrected chi connectivity index (χ1v) is 7.60. The minimum Gasteiger partial charge on any atom is -0.312 e. The summed E-state index contributed by atoms with van der Waals surface area (Å²) in [6.45, 7) is 6.43. The molecule has 1 unspecified atom stereocenters. The molecule has 128 valence electrons. The van der Waals surface area contributed by atoms with Crippen LogP contribution in [0.3, 0.4) is 0 Å². The molecule has 0 aliphatic carbocycles. The molecule has 1 aromatic rings. The second-order valence-electron chi connectivity index (χ2n) is 5.48. The lowest BCUT2D eigenvalue weighted by Crippen LogP contribution is -2.40. The Kier molecular flexibility index (Phi) is 5.43. The van der Waals surface area contributed by atoms with E-state index in [9.17, 15) is 23.2 Å². The van der Waals surface area contributed by atoms with Gasteiger partial charge in [-0.3, -0.25) is 19.7 Å². The molecule has 0 saturated carbocycles. The minimum absolute atomic E-state index is 0.0433. The number of rotatable bonds is 2. The summed E-state index contributed by atoms with van der Waals surface area (Å²) >= 11 is 0. The second kappa shape index (κ2) is 7.33. The molecule has 1 aromatic carbocycles. The van der Waals surface area contributed by atoms with E-state index < -0.39 is 29.4 Å². The molecule has 24 heavy (non-hydrogen) atoms. The highest BCUT2D eigenvalue weighted by molar-refractivity contribution is 6.01. The minimum atomic E-state index is -1.03. The Hall–Kier alpha value is -2.57.